The number of amidine groups is 1. The number of halogens is 1. The highest BCUT2D eigenvalue weighted by molar-refractivity contribution is 7.17. The van der Waals surface area contributed by atoms with E-state index in [1.54, 1.807) is 17.0 Å². The smallest absolute Gasteiger partial charge is 0.264 e. The number of thiophene rings is 1. The second-order valence-electron chi connectivity index (χ2n) is 3.79. The highest BCUT2D eigenvalue weighted by Crippen LogP contribution is 2.26. The maximum absolute atomic E-state index is 12.2. The molecule has 1 aliphatic heterocycles. The lowest BCUT2D eigenvalue weighted by Crippen LogP contribution is -2.43. The summed E-state index contributed by atoms with van der Waals surface area (Å²) in [6, 6.07) is 3.07. The molecule has 0 aromatic carbocycles. The van der Waals surface area contributed by atoms with Crippen LogP contribution in [0.15, 0.2) is 17.3 Å². The Bertz CT molecular complexity index is 460. The van der Waals surface area contributed by atoms with E-state index in [0.717, 1.165) is 12.8 Å². The van der Waals surface area contributed by atoms with Crippen molar-refractivity contribution in [2.24, 2.45) is 10.9 Å². The number of nitrogens with two attached hydrogens (primary N) is 1. The highest BCUT2D eigenvalue weighted by Gasteiger charge is 2.32. The number of rotatable bonds is 2. The summed E-state index contributed by atoms with van der Waals surface area (Å²) in [4.78, 5) is 14.4. The summed E-state index contributed by atoms with van der Waals surface area (Å²) in [7, 11) is 0. The van der Waals surface area contributed by atoms with Crippen LogP contribution in [0, 0.1) is 0 Å². The van der Waals surface area contributed by atoms with Gasteiger partial charge in [0, 0.05) is 6.54 Å². The van der Waals surface area contributed by atoms with Crippen molar-refractivity contribution in [1.82, 2.24) is 4.90 Å². The largest absolute Gasteiger partial charge is 0.409 e. The van der Waals surface area contributed by atoms with Gasteiger partial charge >= 0.3 is 0 Å². The fourth-order valence-corrected chi connectivity index (χ4v) is 2.95. The van der Waals surface area contributed by atoms with Gasteiger partial charge < -0.3 is 15.8 Å². The lowest BCUT2D eigenvalue weighted by Gasteiger charge is -2.22. The van der Waals surface area contributed by atoms with Crippen molar-refractivity contribution in [2.75, 3.05) is 6.54 Å². The Hall–Kier alpha value is -1.27. The van der Waals surface area contributed by atoms with Crippen molar-refractivity contribution < 1.29 is 10.0 Å². The number of likely N-dealkylation sites (tertiary alicyclic amines) is 1. The van der Waals surface area contributed by atoms with Gasteiger partial charge in [-0.2, -0.15) is 0 Å². The van der Waals surface area contributed by atoms with E-state index in [0.29, 0.717) is 15.8 Å². The first-order chi connectivity index (χ1) is 8.13. The first-order valence-corrected chi connectivity index (χ1v) is 6.36. The fourth-order valence-electron chi connectivity index (χ4n) is 1.95. The molecule has 1 amide bonds. The zero-order valence-electron chi connectivity index (χ0n) is 8.97. The van der Waals surface area contributed by atoms with E-state index >= 15 is 0 Å². The van der Waals surface area contributed by atoms with Gasteiger partial charge in [0.25, 0.3) is 5.91 Å². The van der Waals surface area contributed by atoms with E-state index in [1.165, 1.54) is 11.3 Å². The summed E-state index contributed by atoms with van der Waals surface area (Å²) < 4.78 is 0.577. The minimum absolute atomic E-state index is 0.0819. The monoisotopic (exact) mass is 273 g/mol. The van der Waals surface area contributed by atoms with E-state index in [4.69, 9.17) is 22.5 Å². The Kier molecular flexibility index (Phi) is 3.54. The summed E-state index contributed by atoms with van der Waals surface area (Å²) in [6.07, 6.45) is 1.58. The van der Waals surface area contributed by atoms with Crippen LogP contribution in [0.4, 0.5) is 0 Å². The molecule has 3 N–H and O–H groups in total. The molecule has 92 valence electrons. The van der Waals surface area contributed by atoms with Crippen molar-refractivity contribution in [3.63, 3.8) is 0 Å². The number of carbonyl (C=O) groups excluding carboxylic acids is 1. The van der Waals surface area contributed by atoms with Crippen molar-refractivity contribution in [3.05, 3.63) is 21.3 Å². The molecule has 1 saturated heterocycles. The molecule has 5 nitrogen and oxygen atoms in total. The van der Waals surface area contributed by atoms with E-state index < -0.39 is 0 Å². The minimum atomic E-state index is -0.312. The van der Waals surface area contributed by atoms with E-state index in [-0.39, 0.29) is 17.8 Å². The van der Waals surface area contributed by atoms with Crippen LogP contribution >= 0.6 is 22.9 Å². The van der Waals surface area contributed by atoms with E-state index in [1.807, 2.05) is 0 Å². The number of nitrogens with zero attached hydrogens (tertiary/aromatic N) is 2. The third kappa shape index (κ3) is 2.37. The third-order valence-electron chi connectivity index (χ3n) is 2.75. The number of hydrogen-bond acceptors (Lipinski definition) is 4. The lowest BCUT2D eigenvalue weighted by molar-refractivity contribution is 0.0772. The van der Waals surface area contributed by atoms with E-state index in [2.05, 4.69) is 5.16 Å². The lowest BCUT2D eigenvalue weighted by atomic mass is 10.2. The minimum Gasteiger partial charge on any atom is -0.409 e. The van der Waals surface area contributed by atoms with Gasteiger partial charge in [-0.3, -0.25) is 4.79 Å². The maximum Gasteiger partial charge on any atom is 0.264 e. The summed E-state index contributed by atoms with van der Waals surface area (Å²) >= 11 is 7.03. The molecule has 0 spiro atoms. The Balaban J connectivity index is 2.19. The molecule has 0 aliphatic carbocycles. The molecule has 7 heteroatoms. The van der Waals surface area contributed by atoms with Crippen molar-refractivity contribution in [3.8, 4) is 0 Å². The summed E-state index contributed by atoms with van der Waals surface area (Å²) in [5.74, 6) is -0.0329. The normalized spacial score (nSPS) is 20.9. The molecule has 1 aromatic rings. The van der Waals surface area contributed by atoms with Crippen molar-refractivity contribution >= 4 is 34.7 Å². The van der Waals surface area contributed by atoms with Crippen LogP contribution in [-0.2, 0) is 0 Å². The highest BCUT2D eigenvalue weighted by atomic mass is 35.5. The zero-order valence-corrected chi connectivity index (χ0v) is 10.5. The number of amides is 1. The van der Waals surface area contributed by atoms with Crippen LogP contribution in [0.1, 0.15) is 22.5 Å². The van der Waals surface area contributed by atoms with Gasteiger partial charge in [-0.1, -0.05) is 16.8 Å². The number of hydrogen-bond donors (Lipinski definition) is 2. The summed E-state index contributed by atoms with van der Waals surface area (Å²) in [5, 5.41) is 11.7. The molecule has 1 aromatic heterocycles. The van der Waals surface area contributed by atoms with Gasteiger partial charge in [0.05, 0.1) is 15.3 Å². The van der Waals surface area contributed by atoms with Crippen molar-refractivity contribution in [2.45, 2.75) is 18.9 Å². The van der Waals surface area contributed by atoms with Gasteiger partial charge in [-0.15, -0.1) is 11.3 Å². The summed E-state index contributed by atoms with van der Waals surface area (Å²) in [5.41, 5.74) is 5.57. The Morgan fingerprint density at radius 2 is 2.41 bits per heavy atom. The molecule has 2 heterocycles. The van der Waals surface area contributed by atoms with Gasteiger partial charge in [-0.25, -0.2) is 0 Å². The molecule has 0 saturated carbocycles. The Morgan fingerprint density at radius 3 is 3.00 bits per heavy atom. The molecule has 17 heavy (non-hydrogen) atoms. The SMILES string of the molecule is NC(=NO)C1CCCN1C(=O)c1ccc(Cl)s1. The average Bonchev–Trinajstić information content (AvgIpc) is 2.95. The fraction of sp³-hybridized carbons (Fsp3) is 0.400. The van der Waals surface area contributed by atoms with Gasteiger partial charge in [0.2, 0.25) is 0 Å². The zero-order chi connectivity index (χ0) is 12.4. The van der Waals surface area contributed by atoms with Crippen LogP contribution in [0.3, 0.4) is 0 Å². The Labute approximate surface area is 107 Å². The molecule has 2 rings (SSSR count). The quantitative estimate of drug-likeness (QED) is 0.373. The topological polar surface area (TPSA) is 78.9 Å². The standard InChI is InChI=1S/C10H12ClN3O2S/c11-8-4-3-7(17-8)10(15)14-5-1-2-6(14)9(12)13-16/h3-4,6,16H,1-2,5H2,(H2,12,13). The molecule has 1 atom stereocenters. The van der Waals surface area contributed by atoms with Gasteiger partial charge in [-0.05, 0) is 25.0 Å². The molecule has 0 radical (unpaired) electrons. The summed E-state index contributed by atoms with van der Waals surface area (Å²) in [6.45, 7) is 0.620. The van der Waals surface area contributed by atoms with E-state index in [9.17, 15) is 4.79 Å². The first-order valence-electron chi connectivity index (χ1n) is 5.17. The molecule has 1 fully saturated rings. The number of oxime groups is 1. The number of carbonyl (C=O) groups is 1. The predicted molar refractivity (Wildman–Crippen MR) is 66.8 cm³/mol. The molecular formula is C10H12ClN3O2S. The predicted octanol–water partition coefficient (Wildman–Crippen LogP) is 1.75. The van der Waals surface area contributed by atoms with Crippen LogP contribution in [-0.4, -0.2) is 34.4 Å². The molecule has 1 aliphatic rings. The first kappa shape index (κ1) is 12.2. The van der Waals surface area contributed by atoms with Crippen molar-refractivity contribution in [1.29, 1.82) is 0 Å². The van der Waals surface area contributed by atoms with Crippen LogP contribution in [0.25, 0.3) is 0 Å². The van der Waals surface area contributed by atoms with Gasteiger partial charge in [0.15, 0.2) is 5.84 Å². The second-order valence-corrected chi connectivity index (χ2v) is 5.50. The third-order valence-corrected chi connectivity index (χ3v) is 3.97. The van der Waals surface area contributed by atoms with Crippen LogP contribution < -0.4 is 5.73 Å². The second kappa shape index (κ2) is 4.93. The van der Waals surface area contributed by atoms with Gasteiger partial charge in [0.1, 0.15) is 0 Å². The van der Waals surface area contributed by atoms with Crippen LogP contribution in [0.5, 0.6) is 0 Å². The maximum atomic E-state index is 12.2. The molecule has 1 unspecified atom stereocenters. The van der Waals surface area contributed by atoms with Crippen LogP contribution in [0.2, 0.25) is 4.34 Å². The average molecular weight is 274 g/mol. The molecular weight excluding hydrogens is 262 g/mol. The molecule has 0 bridgehead atoms. The Morgan fingerprint density at radius 1 is 1.65 bits per heavy atom.